The molecule has 1 aliphatic carbocycles. The van der Waals surface area contributed by atoms with Crippen LogP contribution < -0.4 is 10.5 Å². The van der Waals surface area contributed by atoms with Crippen molar-refractivity contribution in [3.8, 4) is 0 Å². The van der Waals surface area contributed by atoms with Crippen molar-refractivity contribution in [1.29, 1.82) is 0 Å². The molecule has 1 aromatic carbocycles. The predicted octanol–water partition coefficient (Wildman–Crippen LogP) is 0.934. The molecule has 0 saturated heterocycles. The summed E-state index contributed by atoms with van der Waals surface area (Å²) < 4.78 is 23.2. The van der Waals surface area contributed by atoms with Crippen molar-refractivity contribution in [1.82, 2.24) is 5.32 Å². The Morgan fingerprint density at radius 3 is 2.43 bits per heavy atom. The minimum atomic E-state index is -3.92. The van der Waals surface area contributed by atoms with Gasteiger partial charge in [-0.1, -0.05) is 0 Å². The fraction of sp³-hybridized carbons (Fsp3) is 0.467. The number of nitrogens with one attached hydrogen (secondary N) is 1. The summed E-state index contributed by atoms with van der Waals surface area (Å²) >= 11 is 0. The highest BCUT2D eigenvalue weighted by Gasteiger charge is 2.31. The minimum absolute atomic E-state index is 0.0718. The van der Waals surface area contributed by atoms with Crippen LogP contribution in [0.5, 0.6) is 0 Å². The molecule has 0 radical (unpaired) electrons. The van der Waals surface area contributed by atoms with Gasteiger partial charge in [-0.05, 0) is 56.4 Å². The zero-order valence-corrected chi connectivity index (χ0v) is 13.8. The van der Waals surface area contributed by atoms with Crippen LogP contribution in [0, 0.1) is 19.8 Å². The van der Waals surface area contributed by atoms with E-state index in [1.165, 1.54) is 6.07 Å². The molecule has 0 spiro atoms. The molecule has 1 aromatic rings. The molecular formula is C15H20N2O5S. The summed E-state index contributed by atoms with van der Waals surface area (Å²) in [6, 6.07) is 2.64. The van der Waals surface area contributed by atoms with Gasteiger partial charge in [0.2, 0.25) is 10.0 Å². The molecule has 1 saturated carbocycles. The number of nitrogens with two attached hydrogens (primary N) is 1. The highest BCUT2D eigenvalue weighted by atomic mass is 32.2. The second-order valence-electron chi connectivity index (χ2n) is 5.98. The van der Waals surface area contributed by atoms with E-state index in [1.807, 2.05) is 0 Å². The highest BCUT2D eigenvalue weighted by molar-refractivity contribution is 7.89. The lowest BCUT2D eigenvalue weighted by atomic mass is 10.0. The molecule has 0 unspecified atom stereocenters. The number of primary sulfonamides is 1. The fourth-order valence-corrected chi connectivity index (χ4v) is 3.74. The van der Waals surface area contributed by atoms with E-state index in [1.54, 1.807) is 19.9 Å². The Kier molecular flexibility index (Phi) is 4.76. The summed E-state index contributed by atoms with van der Waals surface area (Å²) in [5.74, 6) is -1.72. The van der Waals surface area contributed by atoms with Crippen LogP contribution in [0.4, 0.5) is 0 Å². The molecule has 0 bridgehead atoms. The van der Waals surface area contributed by atoms with Gasteiger partial charge in [0.05, 0.1) is 10.8 Å². The second kappa shape index (κ2) is 6.29. The molecule has 1 amide bonds. The molecule has 2 atom stereocenters. The van der Waals surface area contributed by atoms with Crippen LogP contribution in [-0.4, -0.2) is 31.4 Å². The summed E-state index contributed by atoms with van der Waals surface area (Å²) in [6.45, 7) is 3.34. The first-order chi connectivity index (χ1) is 10.6. The average Bonchev–Trinajstić information content (AvgIpc) is 2.88. The first kappa shape index (κ1) is 17.4. The maximum absolute atomic E-state index is 12.3. The van der Waals surface area contributed by atoms with Crippen LogP contribution in [0.2, 0.25) is 0 Å². The monoisotopic (exact) mass is 340 g/mol. The van der Waals surface area contributed by atoms with E-state index in [0.717, 1.165) is 0 Å². The number of carbonyl (C=O) groups is 2. The van der Waals surface area contributed by atoms with E-state index in [0.29, 0.717) is 30.4 Å². The molecule has 0 heterocycles. The SMILES string of the molecule is Cc1cc(C(=O)N[C@H]2CC[C@@H](C(=O)O)C2)cc(S(N)(=O)=O)c1C. The topological polar surface area (TPSA) is 127 Å². The van der Waals surface area contributed by atoms with Gasteiger partial charge in [-0.25, -0.2) is 13.6 Å². The van der Waals surface area contributed by atoms with E-state index < -0.39 is 27.8 Å². The smallest absolute Gasteiger partial charge is 0.306 e. The number of amides is 1. The van der Waals surface area contributed by atoms with Crippen molar-refractivity contribution < 1.29 is 23.1 Å². The number of carboxylic acid groups (broad SMARTS) is 1. The number of sulfonamides is 1. The third-order valence-electron chi connectivity index (χ3n) is 4.31. The van der Waals surface area contributed by atoms with Gasteiger partial charge < -0.3 is 10.4 Å². The summed E-state index contributed by atoms with van der Waals surface area (Å²) in [5.41, 5.74) is 1.36. The van der Waals surface area contributed by atoms with Crippen LogP contribution in [-0.2, 0) is 14.8 Å². The van der Waals surface area contributed by atoms with Gasteiger partial charge in [0.15, 0.2) is 0 Å². The van der Waals surface area contributed by atoms with Crippen LogP contribution in [0.1, 0.15) is 40.7 Å². The van der Waals surface area contributed by atoms with Crippen LogP contribution in [0.3, 0.4) is 0 Å². The average molecular weight is 340 g/mol. The zero-order valence-electron chi connectivity index (χ0n) is 13.0. The molecule has 126 valence electrons. The molecule has 0 aliphatic heterocycles. The largest absolute Gasteiger partial charge is 0.481 e. The number of benzene rings is 1. The van der Waals surface area contributed by atoms with E-state index in [2.05, 4.69) is 5.32 Å². The van der Waals surface area contributed by atoms with Crippen molar-refractivity contribution in [3.63, 3.8) is 0 Å². The Morgan fingerprint density at radius 1 is 1.26 bits per heavy atom. The van der Waals surface area contributed by atoms with Gasteiger partial charge in [-0.2, -0.15) is 0 Å². The summed E-state index contributed by atoms with van der Waals surface area (Å²) in [4.78, 5) is 23.2. The van der Waals surface area contributed by atoms with Gasteiger partial charge in [-0.15, -0.1) is 0 Å². The number of hydrogen-bond donors (Lipinski definition) is 3. The van der Waals surface area contributed by atoms with Crippen molar-refractivity contribution in [2.24, 2.45) is 11.1 Å². The second-order valence-corrected chi connectivity index (χ2v) is 7.51. The predicted molar refractivity (Wildman–Crippen MR) is 83.5 cm³/mol. The molecule has 0 aromatic heterocycles. The molecule has 8 heteroatoms. The third-order valence-corrected chi connectivity index (χ3v) is 5.34. The first-order valence-electron chi connectivity index (χ1n) is 7.27. The lowest BCUT2D eigenvalue weighted by Gasteiger charge is -2.14. The zero-order chi connectivity index (χ0) is 17.4. The fourth-order valence-electron chi connectivity index (χ4n) is 2.86. The third kappa shape index (κ3) is 3.89. The number of aliphatic carboxylic acids is 1. The summed E-state index contributed by atoms with van der Waals surface area (Å²) in [5, 5.41) is 16.9. The Morgan fingerprint density at radius 2 is 1.91 bits per heavy atom. The maximum Gasteiger partial charge on any atom is 0.306 e. The molecule has 7 nitrogen and oxygen atoms in total. The van der Waals surface area contributed by atoms with E-state index in [4.69, 9.17) is 10.2 Å². The first-order valence-corrected chi connectivity index (χ1v) is 8.82. The number of rotatable bonds is 4. The molecule has 2 rings (SSSR count). The maximum atomic E-state index is 12.3. The van der Waals surface area contributed by atoms with Gasteiger partial charge in [0.25, 0.3) is 5.91 Å². The minimum Gasteiger partial charge on any atom is -0.481 e. The van der Waals surface area contributed by atoms with Crippen molar-refractivity contribution >= 4 is 21.9 Å². The van der Waals surface area contributed by atoms with Crippen LogP contribution in [0.25, 0.3) is 0 Å². The molecule has 1 aliphatic rings. The van der Waals surface area contributed by atoms with Gasteiger partial charge in [0, 0.05) is 11.6 Å². The number of carbonyl (C=O) groups excluding carboxylic acids is 1. The Labute approximate surface area is 134 Å². The lowest BCUT2D eigenvalue weighted by molar-refractivity contribution is -0.141. The highest BCUT2D eigenvalue weighted by Crippen LogP contribution is 2.26. The normalized spacial score (nSPS) is 21.2. The van der Waals surface area contributed by atoms with E-state index in [9.17, 15) is 18.0 Å². The van der Waals surface area contributed by atoms with Gasteiger partial charge in [0.1, 0.15) is 0 Å². The Bertz CT molecular complexity index is 757. The quantitative estimate of drug-likeness (QED) is 0.751. The standard InChI is InChI=1S/C15H20N2O5S/c1-8-5-11(7-13(9(8)2)23(16,21)22)14(18)17-12-4-3-10(6-12)15(19)20/h5,7,10,12H,3-4,6H2,1-2H3,(H,17,18)(H,19,20)(H2,16,21,22)/t10-,12+/m1/s1. The van der Waals surface area contributed by atoms with Crippen LogP contribution >= 0.6 is 0 Å². The van der Waals surface area contributed by atoms with Crippen LogP contribution in [0.15, 0.2) is 17.0 Å². The van der Waals surface area contributed by atoms with Gasteiger partial charge in [-0.3, -0.25) is 9.59 Å². The number of carboxylic acids is 1. The molecule has 1 fully saturated rings. The molecule has 23 heavy (non-hydrogen) atoms. The number of aryl methyl sites for hydroxylation is 1. The summed E-state index contributed by atoms with van der Waals surface area (Å²) in [6.07, 6.45) is 1.50. The number of hydrogen-bond acceptors (Lipinski definition) is 4. The lowest BCUT2D eigenvalue weighted by Crippen LogP contribution is -2.33. The summed E-state index contributed by atoms with van der Waals surface area (Å²) in [7, 11) is -3.92. The van der Waals surface area contributed by atoms with Gasteiger partial charge >= 0.3 is 5.97 Å². The molecule has 4 N–H and O–H groups in total. The Hall–Kier alpha value is -1.93. The van der Waals surface area contributed by atoms with Crippen molar-refractivity contribution in [2.75, 3.05) is 0 Å². The van der Waals surface area contributed by atoms with Crippen molar-refractivity contribution in [3.05, 3.63) is 28.8 Å². The van der Waals surface area contributed by atoms with E-state index in [-0.39, 0.29) is 16.5 Å². The molecular weight excluding hydrogens is 320 g/mol. The van der Waals surface area contributed by atoms with E-state index >= 15 is 0 Å². The Balaban J connectivity index is 2.21. The van der Waals surface area contributed by atoms with Crippen molar-refractivity contribution in [2.45, 2.75) is 44.0 Å².